The highest BCUT2D eigenvalue weighted by atomic mass is 16.5. The fourth-order valence-electron chi connectivity index (χ4n) is 2.31. The lowest BCUT2D eigenvalue weighted by Gasteiger charge is -2.28. The van der Waals surface area contributed by atoms with Crippen LogP contribution in [0.25, 0.3) is 0 Å². The topological polar surface area (TPSA) is 32.7 Å². The first-order valence-electron chi connectivity index (χ1n) is 7.23. The second-order valence-corrected chi connectivity index (χ2v) is 5.45. The van der Waals surface area contributed by atoms with Crippen molar-refractivity contribution in [1.29, 1.82) is 0 Å². The molecule has 112 valence electrons. The van der Waals surface area contributed by atoms with Crippen LogP contribution in [0.4, 0.5) is 0 Å². The minimum atomic E-state index is -0.533. The van der Waals surface area contributed by atoms with Crippen molar-refractivity contribution in [2.75, 3.05) is 20.7 Å². The van der Waals surface area contributed by atoms with Crippen LogP contribution in [0.2, 0.25) is 0 Å². The van der Waals surface area contributed by atoms with Crippen LogP contribution < -0.4 is 4.74 Å². The van der Waals surface area contributed by atoms with Gasteiger partial charge in [0.2, 0.25) is 0 Å². The van der Waals surface area contributed by atoms with Gasteiger partial charge in [-0.05, 0) is 38.2 Å². The van der Waals surface area contributed by atoms with E-state index < -0.39 is 6.23 Å². The summed E-state index contributed by atoms with van der Waals surface area (Å²) >= 11 is 0. The Kier molecular flexibility index (Phi) is 5.78. The van der Waals surface area contributed by atoms with Gasteiger partial charge in [-0.3, -0.25) is 4.90 Å². The third-order valence-corrected chi connectivity index (χ3v) is 3.50. The van der Waals surface area contributed by atoms with Crippen LogP contribution in [0.5, 0.6) is 5.75 Å². The minimum absolute atomic E-state index is 0.0163. The van der Waals surface area contributed by atoms with Gasteiger partial charge in [-0.2, -0.15) is 0 Å². The maximum absolute atomic E-state index is 10.4. The monoisotopic (exact) mass is 285 g/mol. The number of nitrogens with zero attached hydrogens (tertiary/aromatic N) is 1. The zero-order valence-corrected chi connectivity index (χ0v) is 12.6. The molecule has 0 spiro atoms. The van der Waals surface area contributed by atoms with Crippen LogP contribution in [0, 0.1) is 5.92 Å². The van der Waals surface area contributed by atoms with Crippen molar-refractivity contribution in [3.8, 4) is 5.75 Å². The number of aliphatic hydroxyl groups is 1. The molecule has 0 saturated carbocycles. The number of benzene rings is 2. The molecule has 0 saturated heterocycles. The first kappa shape index (κ1) is 15.5. The number of aliphatic hydroxyl groups excluding tert-OH is 1. The molecular weight excluding hydrogens is 262 g/mol. The van der Waals surface area contributed by atoms with E-state index in [1.54, 1.807) is 0 Å². The SMILES string of the molecule is CN(C)C(O)C(COc1ccccc1)Cc1ccccc1. The highest BCUT2D eigenvalue weighted by Crippen LogP contribution is 2.17. The summed E-state index contributed by atoms with van der Waals surface area (Å²) in [5.74, 6) is 0.851. The Morgan fingerprint density at radius 2 is 1.52 bits per heavy atom. The molecule has 1 N–H and O–H groups in total. The van der Waals surface area contributed by atoms with Gasteiger partial charge < -0.3 is 9.84 Å². The van der Waals surface area contributed by atoms with E-state index in [0.717, 1.165) is 12.2 Å². The molecule has 2 unspecified atom stereocenters. The second kappa shape index (κ2) is 7.81. The van der Waals surface area contributed by atoms with Crippen LogP contribution >= 0.6 is 0 Å². The van der Waals surface area contributed by atoms with Crippen molar-refractivity contribution in [2.45, 2.75) is 12.6 Å². The largest absolute Gasteiger partial charge is 0.493 e. The molecule has 3 heteroatoms. The summed E-state index contributed by atoms with van der Waals surface area (Å²) in [6, 6.07) is 19.9. The van der Waals surface area contributed by atoms with Crippen molar-refractivity contribution in [2.24, 2.45) is 5.92 Å². The minimum Gasteiger partial charge on any atom is -0.493 e. The molecule has 0 fully saturated rings. The summed E-state index contributed by atoms with van der Waals surface area (Å²) in [7, 11) is 3.76. The predicted molar refractivity (Wildman–Crippen MR) is 85.3 cm³/mol. The zero-order valence-electron chi connectivity index (χ0n) is 12.6. The van der Waals surface area contributed by atoms with Crippen molar-refractivity contribution in [3.63, 3.8) is 0 Å². The lowest BCUT2D eigenvalue weighted by Crippen LogP contribution is -2.39. The Hall–Kier alpha value is -1.84. The lowest BCUT2D eigenvalue weighted by molar-refractivity contribution is -0.0253. The lowest BCUT2D eigenvalue weighted by atomic mass is 9.98. The summed E-state index contributed by atoms with van der Waals surface area (Å²) in [5, 5.41) is 10.4. The first-order chi connectivity index (χ1) is 10.2. The van der Waals surface area contributed by atoms with Gasteiger partial charge in [-0.1, -0.05) is 48.5 Å². The van der Waals surface area contributed by atoms with Crippen molar-refractivity contribution in [3.05, 3.63) is 66.2 Å². The summed E-state index contributed by atoms with van der Waals surface area (Å²) in [5.41, 5.74) is 1.21. The van der Waals surface area contributed by atoms with Crippen molar-refractivity contribution < 1.29 is 9.84 Å². The highest BCUT2D eigenvalue weighted by Gasteiger charge is 2.22. The average molecular weight is 285 g/mol. The van der Waals surface area contributed by atoms with Gasteiger partial charge in [-0.15, -0.1) is 0 Å². The van der Waals surface area contributed by atoms with Crippen LogP contribution in [0.1, 0.15) is 5.56 Å². The fraction of sp³-hybridized carbons (Fsp3) is 0.333. The Labute approximate surface area is 126 Å². The molecular formula is C18H23NO2. The normalized spacial score (nSPS) is 13.9. The number of rotatable bonds is 7. The molecule has 0 amide bonds. The maximum atomic E-state index is 10.4. The standard InChI is InChI=1S/C18H23NO2/c1-19(2)18(20)16(13-15-9-5-3-6-10-15)14-21-17-11-7-4-8-12-17/h3-12,16,18,20H,13-14H2,1-2H3. The molecule has 0 aromatic heterocycles. The van der Waals surface area contributed by atoms with E-state index in [4.69, 9.17) is 4.74 Å². The van der Waals surface area contributed by atoms with Gasteiger partial charge in [0.25, 0.3) is 0 Å². The molecule has 3 nitrogen and oxygen atoms in total. The van der Waals surface area contributed by atoms with E-state index in [1.165, 1.54) is 5.56 Å². The average Bonchev–Trinajstić information content (AvgIpc) is 2.52. The Balaban J connectivity index is 2.02. The third-order valence-electron chi connectivity index (χ3n) is 3.50. The van der Waals surface area contributed by atoms with Gasteiger partial charge in [0.05, 0.1) is 6.61 Å². The Morgan fingerprint density at radius 1 is 0.952 bits per heavy atom. The van der Waals surface area contributed by atoms with Gasteiger partial charge in [-0.25, -0.2) is 0 Å². The maximum Gasteiger partial charge on any atom is 0.119 e. The van der Waals surface area contributed by atoms with E-state index in [0.29, 0.717) is 6.61 Å². The molecule has 21 heavy (non-hydrogen) atoms. The molecule has 0 aliphatic rings. The summed E-state index contributed by atoms with van der Waals surface area (Å²) < 4.78 is 5.82. The first-order valence-corrected chi connectivity index (χ1v) is 7.23. The number of ether oxygens (including phenoxy) is 1. The van der Waals surface area contributed by atoms with Gasteiger partial charge in [0, 0.05) is 5.92 Å². The summed E-state index contributed by atoms with van der Waals surface area (Å²) in [6.07, 6.45) is 0.251. The van der Waals surface area contributed by atoms with Gasteiger partial charge in [0.1, 0.15) is 12.0 Å². The quantitative estimate of drug-likeness (QED) is 0.794. The van der Waals surface area contributed by atoms with Crippen LogP contribution in [0.15, 0.2) is 60.7 Å². The Bertz CT molecular complexity index is 513. The Morgan fingerprint density at radius 3 is 2.10 bits per heavy atom. The van der Waals surface area contributed by atoms with Crippen molar-refractivity contribution >= 4 is 0 Å². The molecule has 0 aliphatic heterocycles. The summed E-state index contributed by atoms with van der Waals surface area (Å²) in [6.45, 7) is 0.484. The molecule has 0 aliphatic carbocycles. The number of para-hydroxylation sites is 1. The number of hydrogen-bond donors (Lipinski definition) is 1. The molecule has 2 aromatic carbocycles. The zero-order chi connectivity index (χ0) is 15.1. The molecule has 2 rings (SSSR count). The van der Waals surface area contributed by atoms with Crippen LogP contribution in [-0.2, 0) is 6.42 Å². The van der Waals surface area contributed by atoms with Crippen LogP contribution in [0.3, 0.4) is 0 Å². The predicted octanol–water partition coefficient (Wildman–Crippen LogP) is 2.80. The van der Waals surface area contributed by atoms with Crippen molar-refractivity contribution in [1.82, 2.24) is 4.90 Å². The smallest absolute Gasteiger partial charge is 0.119 e. The van der Waals surface area contributed by atoms with Gasteiger partial charge in [0.15, 0.2) is 0 Å². The fourth-order valence-corrected chi connectivity index (χ4v) is 2.31. The van der Waals surface area contributed by atoms with Gasteiger partial charge >= 0.3 is 0 Å². The highest BCUT2D eigenvalue weighted by molar-refractivity contribution is 5.21. The molecule has 2 aromatic rings. The van der Waals surface area contributed by atoms with E-state index in [-0.39, 0.29) is 5.92 Å². The van der Waals surface area contributed by atoms with Crippen LogP contribution in [-0.4, -0.2) is 36.9 Å². The molecule has 0 heterocycles. The van der Waals surface area contributed by atoms with E-state index in [2.05, 4.69) is 12.1 Å². The van der Waals surface area contributed by atoms with E-state index in [1.807, 2.05) is 67.5 Å². The van der Waals surface area contributed by atoms with E-state index >= 15 is 0 Å². The number of hydrogen-bond acceptors (Lipinski definition) is 3. The summed E-state index contributed by atoms with van der Waals surface area (Å²) in [4.78, 5) is 1.82. The third kappa shape index (κ3) is 4.88. The molecule has 0 radical (unpaired) electrons. The van der Waals surface area contributed by atoms with E-state index in [9.17, 15) is 5.11 Å². The second-order valence-electron chi connectivity index (χ2n) is 5.45. The molecule has 2 atom stereocenters. The molecule has 0 bridgehead atoms.